The lowest BCUT2D eigenvalue weighted by molar-refractivity contribution is 1.08. The fraction of sp³-hybridized carbons (Fsp3) is 0.0833. The summed E-state index contributed by atoms with van der Waals surface area (Å²) < 4.78 is 0. The van der Waals surface area contributed by atoms with Gasteiger partial charge in [-0.1, -0.05) is 36.4 Å². The van der Waals surface area contributed by atoms with E-state index >= 15 is 0 Å². The van der Waals surface area contributed by atoms with E-state index < -0.39 is 0 Å². The quantitative estimate of drug-likeness (QED) is 0.743. The van der Waals surface area contributed by atoms with Gasteiger partial charge in [0.15, 0.2) is 0 Å². The fourth-order valence-corrected chi connectivity index (χ4v) is 1.35. The molecule has 1 heterocycles. The molecule has 0 unspecified atom stereocenters. The molecule has 15 heavy (non-hydrogen) atoms. The number of nitrogens with zero attached hydrogens (tertiary/aromatic N) is 1. The van der Waals surface area contributed by atoms with Gasteiger partial charge < -0.3 is 5.32 Å². The van der Waals surface area contributed by atoms with Gasteiger partial charge in [0.05, 0.1) is 5.69 Å². The molecule has 0 bridgehead atoms. The van der Waals surface area contributed by atoms with Crippen LogP contribution in [0, 0.1) is 0 Å². The molecule has 0 aliphatic rings. The van der Waals surface area contributed by atoms with Crippen LogP contribution in [0.15, 0.2) is 49.1 Å². The van der Waals surface area contributed by atoms with E-state index in [-0.39, 0.29) is 0 Å². The molecule has 3 heteroatoms. The van der Waals surface area contributed by atoms with Crippen molar-refractivity contribution >= 4 is 5.82 Å². The largest absolute Gasteiger partial charge is 0.365 e. The summed E-state index contributed by atoms with van der Waals surface area (Å²) in [7, 11) is 0. The Bertz CT molecular complexity index is 431. The average Bonchev–Trinajstić information content (AvgIpc) is 2.76. The number of H-pyrrole nitrogens is 1. The van der Waals surface area contributed by atoms with Gasteiger partial charge in [0.25, 0.3) is 0 Å². The van der Waals surface area contributed by atoms with Crippen molar-refractivity contribution in [1.82, 2.24) is 10.2 Å². The van der Waals surface area contributed by atoms with E-state index in [4.69, 9.17) is 0 Å². The molecule has 2 rings (SSSR count). The van der Waals surface area contributed by atoms with Crippen molar-refractivity contribution in [3.05, 3.63) is 49.1 Å². The molecule has 0 aliphatic carbocycles. The second kappa shape index (κ2) is 4.46. The van der Waals surface area contributed by atoms with Crippen LogP contribution in [0.3, 0.4) is 0 Å². The van der Waals surface area contributed by atoms with E-state index in [9.17, 15) is 0 Å². The molecule has 0 fully saturated rings. The van der Waals surface area contributed by atoms with Crippen LogP contribution in [-0.2, 0) is 0 Å². The highest BCUT2D eigenvalue weighted by Gasteiger charge is 2.01. The van der Waals surface area contributed by atoms with Gasteiger partial charge in [-0.2, -0.15) is 5.10 Å². The SMILES string of the molecule is C=CCNc1cc(-c2ccccc2)[nH]n1. The summed E-state index contributed by atoms with van der Waals surface area (Å²) in [6.07, 6.45) is 1.80. The first-order valence-corrected chi connectivity index (χ1v) is 4.86. The zero-order valence-corrected chi connectivity index (χ0v) is 8.40. The van der Waals surface area contributed by atoms with Gasteiger partial charge in [-0.05, 0) is 5.56 Å². The monoisotopic (exact) mass is 199 g/mol. The third kappa shape index (κ3) is 2.26. The summed E-state index contributed by atoms with van der Waals surface area (Å²) in [4.78, 5) is 0. The minimum absolute atomic E-state index is 0.721. The first-order valence-electron chi connectivity index (χ1n) is 4.86. The predicted octanol–water partition coefficient (Wildman–Crippen LogP) is 2.67. The van der Waals surface area contributed by atoms with E-state index in [0.717, 1.165) is 23.6 Å². The van der Waals surface area contributed by atoms with Crippen LogP contribution < -0.4 is 5.32 Å². The number of hydrogen-bond acceptors (Lipinski definition) is 2. The smallest absolute Gasteiger partial charge is 0.148 e. The van der Waals surface area contributed by atoms with E-state index in [2.05, 4.69) is 22.1 Å². The van der Waals surface area contributed by atoms with Crippen LogP contribution in [0.5, 0.6) is 0 Å². The maximum absolute atomic E-state index is 4.15. The molecule has 76 valence electrons. The molecule has 0 atom stereocenters. The molecule has 0 amide bonds. The molecule has 0 spiro atoms. The van der Waals surface area contributed by atoms with Crippen molar-refractivity contribution in [3.63, 3.8) is 0 Å². The van der Waals surface area contributed by atoms with Crippen LogP contribution in [-0.4, -0.2) is 16.7 Å². The van der Waals surface area contributed by atoms with Crippen LogP contribution in [0.4, 0.5) is 5.82 Å². The van der Waals surface area contributed by atoms with Crippen molar-refractivity contribution in [2.45, 2.75) is 0 Å². The van der Waals surface area contributed by atoms with Gasteiger partial charge in [0.2, 0.25) is 0 Å². The summed E-state index contributed by atoms with van der Waals surface area (Å²) in [5.74, 6) is 0.841. The van der Waals surface area contributed by atoms with Gasteiger partial charge in [-0.15, -0.1) is 6.58 Å². The van der Waals surface area contributed by atoms with Gasteiger partial charge in [0, 0.05) is 12.6 Å². The minimum atomic E-state index is 0.721. The lowest BCUT2D eigenvalue weighted by Crippen LogP contribution is -1.97. The van der Waals surface area contributed by atoms with Crippen LogP contribution in [0.1, 0.15) is 0 Å². The molecule has 0 aliphatic heterocycles. The number of nitrogens with one attached hydrogen (secondary N) is 2. The Hall–Kier alpha value is -2.03. The van der Waals surface area contributed by atoms with E-state index in [1.54, 1.807) is 6.08 Å². The molecule has 0 radical (unpaired) electrons. The number of aromatic amines is 1. The second-order valence-electron chi connectivity index (χ2n) is 3.20. The Morgan fingerprint density at radius 3 is 2.87 bits per heavy atom. The minimum Gasteiger partial charge on any atom is -0.365 e. The summed E-state index contributed by atoms with van der Waals surface area (Å²) in [5.41, 5.74) is 2.15. The highest BCUT2D eigenvalue weighted by Crippen LogP contribution is 2.18. The normalized spacial score (nSPS) is 9.87. The van der Waals surface area contributed by atoms with Gasteiger partial charge in [0.1, 0.15) is 5.82 Å². The molecule has 1 aromatic heterocycles. The number of anilines is 1. The number of rotatable bonds is 4. The zero-order chi connectivity index (χ0) is 10.5. The highest BCUT2D eigenvalue weighted by atomic mass is 15.2. The average molecular weight is 199 g/mol. The third-order valence-electron chi connectivity index (χ3n) is 2.09. The third-order valence-corrected chi connectivity index (χ3v) is 2.09. The summed E-state index contributed by atoms with van der Waals surface area (Å²) in [6.45, 7) is 4.36. The molecule has 1 aromatic carbocycles. The Morgan fingerprint density at radius 2 is 2.13 bits per heavy atom. The van der Waals surface area contributed by atoms with Gasteiger partial charge in [-0.25, -0.2) is 0 Å². The maximum Gasteiger partial charge on any atom is 0.148 e. The van der Waals surface area contributed by atoms with Crippen molar-refractivity contribution in [2.75, 3.05) is 11.9 Å². The standard InChI is InChI=1S/C12H13N3/c1-2-8-13-12-9-11(14-15-12)10-6-4-3-5-7-10/h2-7,9H,1,8H2,(H2,13,14,15). The molecular formula is C12H13N3. The van der Waals surface area contributed by atoms with Gasteiger partial charge >= 0.3 is 0 Å². The Labute approximate surface area is 88.8 Å². The van der Waals surface area contributed by atoms with Gasteiger partial charge in [-0.3, -0.25) is 5.10 Å². The summed E-state index contributed by atoms with van der Waals surface area (Å²) in [6, 6.07) is 12.1. The lowest BCUT2D eigenvalue weighted by atomic mass is 10.2. The van der Waals surface area contributed by atoms with E-state index in [0.29, 0.717) is 0 Å². The lowest BCUT2D eigenvalue weighted by Gasteiger charge is -1.95. The van der Waals surface area contributed by atoms with Crippen LogP contribution in [0.25, 0.3) is 11.3 Å². The second-order valence-corrected chi connectivity index (χ2v) is 3.20. The predicted molar refractivity (Wildman–Crippen MR) is 62.7 cm³/mol. The van der Waals surface area contributed by atoms with E-state index in [1.807, 2.05) is 36.4 Å². The van der Waals surface area contributed by atoms with Crippen molar-refractivity contribution in [3.8, 4) is 11.3 Å². The Morgan fingerprint density at radius 1 is 1.33 bits per heavy atom. The summed E-state index contributed by atoms with van der Waals surface area (Å²) in [5, 5.41) is 10.3. The zero-order valence-electron chi connectivity index (χ0n) is 8.40. The highest BCUT2D eigenvalue weighted by molar-refractivity contribution is 5.62. The van der Waals surface area contributed by atoms with E-state index in [1.165, 1.54) is 0 Å². The molecular weight excluding hydrogens is 186 g/mol. The molecule has 2 aromatic rings. The number of hydrogen-bond donors (Lipinski definition) is 2. The van der Waals surface area contributed by atoms with Crippen LogP contribution in [0.2, 0.25) is 0 Å². The molecule has 3 nitrogen and oxygen atoms in total. The Kier molecular flexibility index (Phi) is 2.83. The molecule has 0 saturated heterocycles. The maximum atomic E-state index is 4.15. The van der Waals surface area contributed by atoms with Crippen molar-refractivity contribution in [1.29, 1.82) is 0 Å². The first kappa shape index (κ1) is 9.52. The topological polar surface area (TPSA) is 40.7 Å². The van der Waals surface area contributed by atoms with Crippen molar-refractivity contribution < 1.29 is 0 Å². The number of aromatic nitrogens is 2. The molecule has 0 saturated carbocycles. The fourth-order valence-electron chi connectivity index (χ4n) is 1.35. The molecule has 2 N–H and O–H groups in total. The first-order chi connectivity index (χ1) is 7.40. The summed E-state index contributed by atoms with van der Waals surface area (Å²) >= 11 is 0. The van der Waals surface area contributed by atoms with Crippen molar-refractivity contribution in [2.24, 2.45) is 0 Å². The number of benzene rings is 1. The van der Waals surface area contributed by atoms with Crippen LogP contribution >= 0.6 is 0 Å². The Balaban J connectivity index is 2.17.